The van der Waals surface area contributed by atoms with Crippen molar-refractivity contribution in [3.63, 3.8) is 0 Å². The van der Waals surface area contributed by atoms with Crippen LogP contribution in [0.15, 0.2) is 70.5 Å². The van der Waals surface area contributed by atoms with Gasteiger partial charge in [-0.3, -0.25) is 0 Å². The number of halogens is 2. The lowest BCUT2D eigenvalue weighted by Gasteiger charge is -1.97. The summed E-state index contributed by atoms with van der Waals surface area (Å²) in [6.07, 6.45) is 0. The van der Waals surface area contributed by atoms with E-state index in [0.717, 1.165) is 0 Å². The van der Waals surface area contributed by atoms with Crippen molar-refractivity contribution >= 4 is 43.6 Å². The molecule has 0 aliphatic carbocycles. The van der Waals surface area contributed by atoms with Crippen LogP contribution in [0.3, 0.4) is 0 Å². The van der Waals surface area contributed by atoms with Crippen molar-refractivity contribution in [1.82, 2.24) is 8.48 Å². The Labute approximate surface area is 139 Å². The van der Waals surface area contributed by atoms with Gasteiger partial charge in [-0.1, -0.05) is 36.4 Å². The van der Waals surface area contributed by atoms with Crippen molar-refractivity contribution in [2.24, 2.45) is 0 Å². The highest BCUT2D eigenvalue weighted by Gasteiger charge is 2.10. The van der Waals surface area contributed by atoms with Gasteiger partial charge in [0.1, 0.15) is 0 Å². The Morgan fingerprint density at radius 3 is 1.09 bits per heavy atom. The zero-order chi connectivity index (χ0) is 16.6. The fraction of sp³-hybridized carbons (Fsp3) is 0. The second-order valence-corrected chi connectivity index (χ2v) is 7.98. The van der Waals surface area contributed by atoms with Crippen LogP contribution in [0.2, 0.25) is 0 Å². The molecule has 0 aliphatic rings. The van der Waals surface area contributed by atoms with Gasteiger partial charge in [0.2, 0.25) is 0 Å². The van der Waals surface area contributed by atoms with E-state index in [9.17, 15) is 16.8 Å². The van der Waals surface area contributed by atoms with Crippen LogP contribution in [0.4, 0.5) is 0 Å². The van der Waals surface area contributed by atoms with E-state index in [-0.39, 0.29) is 9.79 Å². The predicted molar refractivity (Wildman–Crippen MR) is 85.2 cm³/mol. The summed E-state index contributed by atoms with van der Waals surface area (Å²) in [4.78, 5) is 0.324. The molecule has 0 saturated carbocycles. The SMILES string of the molecule is O=S(=O)(NCl)c1ccccc1.O=S(=O)(NCl)c1ccccc1. The molecule has 0 saturated heterocycles. The third kappa shape index (κ3) is 5.56. The van der Waals surface area contributed by atoms with E-state index in [1.807, 2.05) is 0 Å². The van der Waals surface area contributed by atoms with Gasteiger partial charge in [0.15, 0.2) is 0 Å². The van der Waals surface area contributed by atoms with Gasteiger partial charge in [0, 0.05) is 0 Å². The van der Waals surface area contributed by atoms with Gasteiger partial charge in [-0.25, -0.2) is 16.8 Å². The number of hydrogen-bond acceptors (Lipinski definition) is 4. The Kier molecular flexibility index (Phi) is 7.27. The molecule has 2 aromatic rings. The van der Waals surface area contributed by atoms with E-state index in [2.05, 4.69) is 0 Å². The zero-order valence-electron chi connectivity index (χ0n) is 11.0. The van der Waals surface area contributed by atoms with Crippen LogP contribution in [0.25, 0.3) is 0 Å². The van der Waals surface area contributed by atoms with Crippen molar-refractivity contribution in [3.05, 3.63) is 60.7 Å². The minimum absolute atomic E-state index is 0.162. The lowest BCUT2D eigenvalue weighted by Crippen LogP contribution is -2.12. The maximum absolute atomic E-state index is 11.0. The largest absolute Gasteiger partial charge is 0.253 e. The summed E-state index contributed by atoms with van der Waals surface area (Å²) in [5, 5.41) is 0. The van der Waals surface area contributed by atoms with E-state index in [1.165, 1.54) is 24.3 Å². The first-order valence-electron chi connectivity index (χ1n) is 5.68. The number of hydrogen-bond donors (Lipinski definition) is 2. The molecule has 10 heteroatoms. The minimum Gasteiger partial charge on any atom is -0.206 e. The summed E-state index contributed by atoms with van der Waals surface area (Å²) in [5.74, 6) is 0. The molecule has 2 N–H and O–H groups in total. The van der Waals surface area contributed by atoms with Crippen LogP contribution in [-0.4, -0.2) is 16.8 Å². The molecule has 0 atom stereocenters. The van der Waals surface area contributed by atoms with Crippen molar-refractivity contribution in [1.29, 1.82) is 0 Å². The smallest absolute Gasteiger partial charge is 0.206 e. The Balaban J connectivity index is 0.000000220. The molecule has 0 aromatic heterocycles. The first-order chi connectivity index (χ1) is 10.3. The van der Waals surface area contributed by atoms with Gasteiger partial charge in [0.25, 0.3) is 20.0 Å². The fourth-order valence-electron chi connectivity index (χ4n) is 1.29. The third-order valence-corrected chi connectivity index (χ3v) is 5.72. The number of rotatable bonds is 4. The fourth-order valence-corrected chi connectivity index (χ4v) is 3.03. The van der Waals surface area contributed by atoms with Gasteiger partial charge in [-0.2, -0.15) is 0 Å². The maximum atomic E-state index is 11.0. The van der Waals surface area contributed by atoms with Crippen LogP contribution in [0.1, 0.15) is 0 Å². The first-order valence-corrected chi connectivity index (χ1v) is 9.40. The second-order valence-electron chi connectivity index (χ2n) is 3.79. The van der Waals surface area contributed by atoms with Crippen molar-refractivity contribution in [3.8, 4) is 0 Å². The van der Waals surface area contributed by atoms with Crippen LogP contribution < -0.4 is 8.48 Å². The molecule has 0 amide bonds. The molecule has 0 aliphatic heterocycles. The standard InChI is InChI=1S/2C6H6ClNO2S/c2*7-8-11(9,10)6-4-2-1-3-5-6/h2*1-5,8H. The Morgan fingerprint density at radius 1 is 0.591 bits per heavy atom. The highest BCUT2D eigenvalue weighted by atomic mass is 35.5. The summed E-state index contributed by atoms with van der Waals surface area (Å²) in [6, 6.07) is 15.8. The lowest BCUT2D eigenvalue weighted by atomic mass is 10.4. The van der Waals surface area contributed by atoms with Crippen LogP contribution >= 0.6 is 23.6 Å². The monoisotopic (exact) mass is 382 g/mol. The van der Waals surface area contributed by atoms with E-state index >= 15 is 0 Å². The normalized spacial score (nSPS) is 11.4. The molecular formula is C12H12Cl2N2O4S2. The van der Waals surface area contributed by atoms with E-state index in [0.29, 0.717) is 0 Å². The van der Waals surface area contributed by atoms with Gasteiger partial charge in [0.05, 0.1) is 9.79 Å². The molecular weight excluding hydrogens is 371 g/mol. The summed E-state index contributed by atoms with van der Waals surface area (Å²) in [7, 11) is -6.97. The second kappa shape index (κ2) is 8.47. The molecule has 0 unspecified atom stereocenters. The summed E-state index contributed by atoms with van der Waals surface area (Å²) >= 11 is 9.98. The number of benzene rings is 2. The average Bonchev–Trinajstić information content (AvgIpc) is 2.57. The molecule has 22 heavy (non-hydrogen) atoms. The molecule has 2 aromatic carbocycles. The Bertz CT molecular complexity index is 713. The van der Waals surface area contributed by atoms with Crippen LogP contribution in [-0.2, 0) is 20.0 Å². The van der Waals surface area contributed by atoms with Gasteiger partial charge in [-0.15, -0.1) is 8.48 Å². The van der Waals surface area contributed by atoms with Gasteiger partial charge < -0.3 is 0 Å². The summed E-state index contributed by atoms with van der Waals surface area (Å²) in [5.41, 5.74) is 0. The van der Waals surface area contributed by atoms with E-state index in [1.54, 1.807) is 44.9 Å². The summed E-state index contributed by atoms with van der Waals surface area (Å²) in [6.45, 7) is 0. The maximum Gasteiger partial charge on any atom is 0.253 e. The quantitative estimate of drug-likeness (QED) is 0.792. The van der Waals surface area contributed by atoms with Gasteiger partial charge >= 0.3 is 0 Å². The summed E-state index contributed by atoms with van der Waals surface area (Å²) < 4.78 is 47.2. The molecule has 0 heterocycles. The first kappa shape index (κ1) is 18.9. The van der Waals surface area contributed by atoms with Crippen molar-refractivity contribution < 1.29 is 16.8 Å². The zero-order valence-corrected chi connectivity index (χ0v) is 14.1. The average molecular weight is 383 g/mol. The molecule has 0 spiro atoms. The molecule has 0 bridgehead atoms. The van der Waals surface area contributed by atoms with E-state index in [4.69, 9.17) is 23.6 Å². The molecule has 0 fully saturated rings. The van der Waals surface area contributed by atoms with Crippen molar-refractivity contribution in [2.75, 3.05) is 0 Å². The van der Waals surface area contributed by atoms with Crippen LogP contribution in [0, 0.1) is 0 Å². The molecule has 0 radical (unpaired) electrons. The van der Waals surface area contributed by atoms with Crippen LogP contribution in [0.5, 0.6) is 0 Å². The highest BCUT2D eigenvalue weighted by molar-refractivity contribution is 7.90. The van der Waals surface area contributed by atoms with Crippen molar-refractivity contribution in [2.45, 2.75) is 9.79 Å². The van der Waals surface area contributed by atoms with Gasteiger partial charge in [-0.05, 0) is 47.8 Å². The lowest BCUT2D eigenvalue weighted by molar-refractivity contribution is 0.592. The Hall–Kier alpha value is -1.16. The van der Waals surface area contributed by atoms with E-state index < -0.39 is 20.0 Å². The topological polar surface area (TPSA) is 92.3 Å². The highest BCUT2D eigenvalue weighted by Crippen LogP contribution is 2.07. The number of nitrogens with one attached hydrogen (secondary N) is 2. The number of sulfonamides is 2. The Morgan fingerprint density at radius 2 is 0.864 bits per heavy atom. The third-order valence-electron chi connectivity index (χ3n) is 2.31. The molecule has 2 rings (SSSR count). The predicted octanol–water partition coefficient (Wildman–Crippen LogP) is 2.24. The molecule has 120 valence electrons. The molecule has 6 nitrogen and oxygen atoms in total. The minimum atomic E-state index is -3.48.